The number of Topliss-reactive ketones (excluding diaryl/α,β-unsaturated/α-hetero) is 2. The summed E-state index contributed by atoms with van der Waals surface area (Å²) in [6.07, 6.45) is 8.37. The number of likely N-dealkylation sites (tertiary alicyclic amines) is 1. The normalized spacial score (nSPS) is 20.8. The Kier molecular flexibility index (Phi) is 22.9. The number of carbonyl (C=O) groups is 9. The molecule has 4 aromatic carbocycles. The Morgan fingerprint density at radius 2 is 1.13 bits per heavy atom. The molecule has 19 heteroatoms. The summed E-state index contributed by atoms with van der Waals surface area (Å²) in [5.74, 6) is -4.29. The smallest absolute Gasteiger partial charge is 0.410 e. The second kappa shape index (κ2) is 30.2. The van der Waals surface area contributed by atoms with E-state index >= 15 is 4.79 Å². The van der Waals surface area contributed by atoms with Crippen molar-refractivity contribution in [2.75, 3.05) is 20.6 Å². The molecule has 0 saturated carbocycles. The van der Waals surface area contributed by atoms with Gasteiger partial charge in [0.1, 0.15) is 35.6 Å². The second-order valence-corrected chi connectivity index (χ2v) is 28.8. The number of ether oxygens (including phenoxy) is 3. The zero-order valence-electron chi connectivity index (χ0n) is 56.6. The number of likely N-dealkylation sites (N-methyl/N-ethyl adjacent to an activating group) is 2. The largest absolute Gasteiger partial charge is 0.489 e. The molecule has 4 aliphatic rings. The number of hydrogen-bond donors (Lipinski definition) is 4. The van der Waals surface area contributed by atoms with Crippen LogP contribution in [0, 0.1) is 23.2 Å². The van der Waals surface area contributed by atoms with Gasteiger partial charge in [0.25, 0.3) is 5.91 Å². The number of benzene rings is 4. The van der Waals surface area contributed by atoms with Crippen molar-refractivity contribution >= 4 is 53.3 Å². The Morgan fingerprint density at radius 3 is 1.68 bits per heavy atom. The monoisotopic (exact) mass is 1280 g/mol. The van der Waals surface area contributed by atoms with Gasteiger partial charge >= 0.3 is 12.2 Å². The van der Waals surface area contributed by atoms with Crippen molar-refractivity contribution in [3.05, 3.63) is 148 Å². The van der Waals surface area contributed by atoms with Crippen LogP contribution in [0.25, 0.3) is 0 Å². The van der Waals surface area contributed by atoms with Crippen LogP contribution < -0.4 is 26.0 Å². The number of aryl methyl sites for hydroxylation is 2. The Labute approximate surface area is 548 Å². The van der Waals surface area contributed by atoms with Crippen LogP contribution in [0.1, 0.15) is 183 Å². The molecule has 1 fully saturated rings. The Bertz CT molecular complexity index is 3400. The maximum atomic E-state index is 15.0. The summed E-state index contributed by atoms with van der Waals surface area (Å²) in [4.78, 5) is 131. The minimum absolute atomic E-state index is 0.0226. The fourth-order valence-corrected chi connectivity index (χ4v) is 12.8. The van der Waals surface area contributed by atoms with Crippen molar-refractivity contribution in [2.24, 2.45) is 23.2 Å². The molecule has 19 nitrogen and oxygen atoms in total. The molecule has 5 unspecified atom stereocenters. The van der Waals surface area contributed by atoms with Crippen molar-refractivity contribution in [3.63, 3.8) is 0 Å². The number of hydrogen-bond acceptors (Lipinski definition) is 12. The van der Waals surface area contributed by atoms with E-state index < -0.39 is 94.5 Å². The summed E-state index contributed by atoms with van der Waals surface area (Å²) in [7, 11) is 2.96. The lowest BCUT2D eigenvalue weighted by atomic mass is 9.76. The van der Waals surface area contributed by atoms with Gasteiger partial charge < -0.3 is 45.3 Å². The highest BCUT2D eigenvalue weighted by atomic mass is 16.6. The first-order chi connectivity index (χ1) is 43.8. The van der Waals surface area contributed by atoms with Crippen LogP contribution in [0.3, 0.4) is 0 Å². The molecule has 4 N–H and O–H groups in total. The molecule has 1 aliphatic heterocycles. The number of fused-ring (bicyclic) bond motifs is 2. The molecular weight excluding hydrogens is 1180 g/mol. The first-order valence-corrected chi connectivity index (χ1v) is 33.0. The van der Waals surface area contributed by atoms with E-state index in [1.54, 1.807) is 91.8 Å². The standard InChI is InChI=1S/C74H97N7O12/c1-45(79(12)70(89)92-73(6,7)8)63(82)42-58(72(3,4)5)69(88)81-43-52(41-62(81)68(87)77-60-31-21-25-50-23-15-17-27-55(50)60)75-66(85)51-36-32-48(33-37-51)44-91-53-38-34-47(35-39-53)40-61(78-65(84)46(2)80(13)71(90)93-74(9,10)11)64(83)56-28-18-19-29-57(56)67(86)76-59-30-20-24-49-22-14-16-26-54(49)59/h14-19,22-23,26-27,32-39,45-46,52,56-62H,20-21,24-25,28-31,40-44H2,1-13H3,(H,75,85)(H,76,86)(H,77,87)(H,78,84)/t45-,46-,52?,56?,57+,58+,59?,60?,61?,62-/m0/s1. The van der Waals surface area contributed by atoms with Crippen LogP contribution in [0.2, 0.25) is 0 Å². The molecular formula is C74H97N7O12. The van der Waals surface area contributed by atoms with E-state index in [0.717, 1.165) is 60.8 Å². The van der Waals surface area contributed by atoms with Gasteiger partial charge in [-0.15, -0.1) is 0 Å². The topological polar surface area (TPSA) is 239 Å². The van der Waals surface area contributed by atoms with E-state index in [-0.39, 0.29) is 67.9 Å². The third-order valence-electron chi connectivity index (χ3n) is 18.5. The number of carbonyl (C=O) groups excluding carboxylic acids is 9. The second-order valence-electron chi connectivity index (χ2n) is 28.8. The molecule has 0 aromatic heterocycles. The molecule has 500 valence electrons. The quantitative estimate of drug-likeness (QED) is 0.0570. The summed E-state index contributed by atoms with van der Waals surface area (Å²) < 4.78 is 17.3. The van der Waals surface area contributed by atoms with Crippen molar-refractivity contribution in [1.82, 2.24) is 36.0 Å². The van der Waals surface area contributed by atoms with Crippen LogP contribution in [0.5, 0.6) is 5.75 Å². The van der Waals surface area contributed by atoms with Gasteiger partial charge in [-0.25, -0.2) is 9.59 Å². The lowest BCUT2D eigenvalue weighted by molar-refractivity contribution is -0.146. The summed E-state index contributed by atoms with van der Waals surface area (Å²) in [5, 5.41) is 12.6. The molecule has 0 spiro atoms. The van der Waals surface area contributed by atoms with E-state index in [9.17, 15) is 38.4 Å². The molecule has 1 saturated heterocycles. The van der Waals surface area contributed by atoms with Gasteiger partial charge in [0, 0.05) is 50.5 Å². The number of allylic oxidation sites excluding steroid dienone is 2. The third kappa shape index (κ3) is 18.5. The Morgan fingerprint density at radius 1 is 0.613 bits per heavy atom. The Balaban J connectivity index is 0.928. The number of nitrogens with one attached hydrogen (secondary N) is 4. The van der Waals surface area contributed by atoms with Crippen molar-refractivity contribution in [2.45, 2.75) is 207 Å². The average Bonchev–Trinajstić information content (AvgIpc) is 1.64. The molecule has 10 atom stereocenters. The zero-order chi connectivity index (χ0) is 67.7. The summed E-state index contributed by atoms with van der Waals surface area (Å²) in [6.45, 7) is 19.4. The Hall–Kier alpha value is -8.35. The fraction of sp³-hybridized carbons (Fsp3) is 0.527. The number of amides is 7. The minimum atomic E-state index is -1.06. The predicted molar refractivity (Wildman–Crippen MR) is 355 cm³/mol. The van der Waals surface area contributed by atoms with Gasteiger partial charge in [0.15, 0.2) is 11.6 Å². The minimum Gasteiger partial charge on any atom is -0.489 e. The van der Waals surface area contributed by atoms with Crippen LogP contribution in [0.15, 0.2) is 109 Å². The third-order valence-corrected chi connectivity index (χ3v) is 18.5. The molecule has 3 aliphatic carbocycles. The van der Waals surface area contributed by atoms with Crippen LogP contribution in [0.4, 0.5) is 9.59 Å². The summed E-state index contributed by atoms with van der Waals surface area (Å²) in [5.41, 5.74) is 3.99. The van der Waals surface area contributed by atoms with Crippen molar-refractivity contribution in [3.8, 4) is 5.75 Å². The van der Waals surface area contributed by atoms with E-state index in [4.69, 9.17) is 14.2 Å². The predicted octanol–water partition coefficient (Wildman–Crippen LogP) is 10.7. The highest BCUT2D eigenvalue weighted by Gasteiger charge is 2.47. The maximum absolute atomic E-state index is 15.0. The fourth-order valence-electron chi connectivity index (χ4n) is 12.8. The van der Waals surface area contributed by atoms with Crippen molar-refractivity contribution in [1.29, 1.82) is 0 Å². The van der Waals surface area contributed by atoms with E-state index in [0.29, 0.717) is 29.7 Å². The number of ketones is 2. The first kappa shape index (κ1) is 70.5. The van der Waals surface area contributed by atoms with Gasteiger partial charge in [-0.2, -0.15) is 0 Å². The maximum Gasteiger partial charge on any atom is 0.410 e. The number of rotatable bonds is 21. The van der Waals surface area contributed by atoms with E-state index in [2.05, 4.69) is 33.4 Å². The molecule has 0 radical (unpaired) electrons. The van der Waals surface area contributed by atoms with Gasteiger partial charge in [-0.1, -0.05) is 106 Å². The number of nitrogens with zero attached hydrogens (tertiary/aromatic N) is 3. The zero-order valence-corrected chi connectivity index (χ0v) is 56.6. The molecule has 4 aromatic rings. The van der Waals surface area contributed by atoms with Gasteiger partial charge in [0.2, 0.25) is 23.6 Å². The molecule has 0 bridgehead atoms. The lowest BCUT2D eigenvalue weighted by Gasteiger charge is -2.36. The molecule has 8 rings (SSSR count). The molecule has 93 heavy (non-hydrogen) atoms. The summed E-state index contributed by atoms with van der Waals surface area (Å²) >= 11 is 0. The van der Waals surface area contributed by atoms with Crippen LogP contribution in [-0.4, -0.2) is 130 Å². The van der Waals surface area contributed by atoms with Gasteiger partial charge in [0.05, 0.1) is 30.1 Å². The van der Waals surface area contributed by atoms with Crippen LogP contribution in [-0.2, 0) is 64.1 Å². The first-order valence-electron chi connectivity index (χ1n) is 33.0. The lowest BCUT2D eigenvalue weighted by Crippen LogP contribution is -2.54. The van der Waals surface area contributed by atoms with Crippen molar-refractivity contribution < 1.29 is 57.4 Å². The highest BCUT2D eigenvalue weighted by molar-refractivity contribution is 5.98. The molecule has 1 heterocycles. The van der Waals surface area contributed by atoms with Crippen LogP contribution >= 0.6 is 0 Å². The van der Waals surface area contributed by atoms with Gasteiger partial charge in [-0.3, -0.25) is 38.5 Å². The average molecular weight is 1280 g/mol. The highest BCUT2D eigenvalue weighted by Crippen LogP contribution is 2.37. The summed E-state index contributed by atoms with van der Waals surface area (Å²) in [6, 6.07) is 25.2. The SMILES string of the molecule is C[C@@H](C(=O)C[C@H](C(=O)N1CC(NC(=O)c2ccc(COc3ccc(CC(NC(=O)[C@H](C)N(C)C(=O)OC(C)(C)C)C(=O)C4CC=CC[C@H]4C(=O)NC4CCCc5ccccc54)cc3)cc2)C[C@H]1C(=O)NC1CCCc2ccccc21)C(C)(C)C)N(C)C(=O)OC(C)(C)C. The van der Waals surface area contributed by atoms with E-state index in [1.807, 2.05) is 81.5 Å². The van der Waals surface area contributed by atoms with Gasteiger partial charge in [-0.05, 0) is 183 Å². The molecule has 7 amide bonds. The van der Waals surface area contributed by atoms with E-state index in [1.165, 1.54) is 34.4 Å².